The summed E-state index contributed by atoms with van der Waals surface area (Å²) in [4.78, 5) is 14.4. The smallest absolute Gasteiger partial charge is 0.410 e. The van der Waals surface area contributed by atoms with E-state index in [1.165, 1.54) is 12.1 Å². The molecule has 0 radical (unpaired) electrons. The predicted octanol–water partition coefficient (Wildman–Crippen LogP) is 5.17. The van der Waals surface area contributed by atoms with Gasteiger partial charge in [-0.25, -0.2) is 4.79 Å². The first-order chi connectivity index (χ1) is 16.0. The fraction of sp³-hybridized carbons (Fsp3) is 0.462. The van der Waals surface area contributed by atoms with Crippen LogP contribution in [0.4, 0.5) is 4.79 Å². The van der Waals surface area contributed by atoms with Crippen molar-refractivity contribution in [2.45, 2.75) is 69.3 Å². The van der Waals surface area contributed by atoms with Crippen molar-refractivity contribution in [1.29, 1.82) is 0 Å². The molecule has 8 heteroatoms. The summed E-state index contributed by atoms with van der Waals surface area (Å²) in [5.41, 5.74) is 3.05. The molecular weight excluding hydrogens is 452 g/mol. The van der Waals surface area contributed by atoms with Crippen molar-refractivity contribution < 1.29 is 22.2 Å². The van der Waals surface area contributed by atoms with E-state index in [0.29, 0.717) is 25.2 Å². The zero-order valence-electron chi connectivity index (χ0n) is 20.2. The molecule has 0 aromatic heterocycles. The number of hydrogen-bond donors (Lipinski definition) is 0. The van der Waals surface area contributed by atoms with Crippen LogP contribution in [0.15, 0.2) is 58.6 Å². The molecule has 0 bridgehead atoms. The van der Waals surface area contributed by atoms with Crippen LogP contribution in [0.3, 0.4) is 0 Å². The Morgan fingerprint density at radius 3 is 2.29 bits per heavy atom. The Morgan fingerprint density at radius 2 is 1.65 bits per heavy atom. The number of likely N-dealkylation sites (tertiary alicyclic amines) is 1. The Labute approximate surface area is 201 Å². The molecule has 2 aromatic carbocycles. The van der Waals surface area contributed by atoms with E-state index >= 15 is 0 Å². The van der Waals surface area contributed by atoms with Crippen LogP contribution in [0.1, 0.15) is 63.1 Å². The van der Waals surface area contributed by atoms with Crippen LogP contribution in [0.2, 0.25) is 0 Å². The first-order valence-corrected chi connectivity index (χ1v) is 13.0. The second-order valence-electron chi connectivity index (χ2n) is 10.2. The highest BCUT2D eigenvalue weighted by molar-refractivity contribution is 7.86. The molecule has 1 heterocycles. The van der Waals surface area contributed by atoms with Gasteiger partial charge in [0.25, 0.3) is 0 Å². The summed E-state index contributed by atoms with van der Waals surface area (Å²) in [5, 5.41) is 4.10. The van der Waals surface area contributed by atoms with Crippen molar-refractivity contribution in [3.8, 4) is 0 Å². The molecule has 1 aliphatic heterocycles. The SMILES string of the molecule is Cc1ccc(S(=O)(=O)O/N=C2\CCC3(CCN(C(=O)OC(C)(C)C)CC3)c3ccccc32)cc1. The van der Waals surface area contributed by atoms with Gasteiger partial charge in [-0.1, -0.05) is 47.1 Å². The van der Waals surface area contributed by atoms with Crippen molar-refractivity contribution in [1.82, 2.24) is 4.90 Å². The second kappa shape index (κ2) is 9.06. The average molecular weight is 485 g/mol. The van der Waals surface area contributed by atoms with E-state index in [0.717, 1.165) is 36.0 Å². The molecule has 0 unspecified atom stereocenters. The lowest BCUT2D eigenvalue weighted by molar-refractivity contribution is 0.0158. The van der Waals surface area contributed by atoms with Crippen LogP contribution in [-0.2, 0) is 24.6 Å². The summed E-state index contributed by atoms with van der Waals surface area (Å²) >= 11 is 0. The number of rotatable bonds is 3. The van der Waals surface area contributed by atoms with Crippen LogP contribution in [-0.4, -0.2) is 43.8 Å². The van der Waals surface area contributed by atoms with Gasteiger partial charge in [-0.2, -0.15) is 8.42 Å². The van der Waals surface area contributed by atoms with Gasteiger partial charge in [-0.15, -0.1) is 0 Å². The molecule has 1 amide bonds. The van der Waals surface area contributed by atoms with Gasteiger partial charge >= 0.3 is 16.2 Å². The third kappa shape index (κ3) is 5.12. The van der Waals surface area contributed by atoms with Gasteiger partial charge in [0.1, 0.15) is 10.5 Å². The molecule has 34 heavy (non-hydrogen) atoms. The summed E-state index contributed by atoms with van der Waals surface area (Å²) in [7, 11) is -3.99. The summed E-state index contributed by atoms with van der Waals surface area (Å²) in [6.07, 6.45) is 2.78. The van der Waals surface area contributed by atoms with E-state index < -0.39 is 15.7 Å². The van der Waals surface area contributed by atoms with E-state index in [-0.39, 0.29) is 16.4 Å². The molecule has 7 nitrogen and oxygen atoms in total. The number of nitrogens with zero attached hydrogens (tertiary/aromatic N) is 2. The van der Waals surface area contributed by atoms with E-state index in [9.17, 15) is 13.2 Å². The molecule has 2 aliphatic rings. The maximum atomic E-state index is 12.6. The van der Waals surface area contributed by atoms with Crippen molar-refractivity contribution in [3.05, 3.63) is 65.2 Å². The Hall–Kier alpha value is -2.87. The summed E-state index contributed by atoms with van der Waals surface area (Å²) in [5.74, 6) is 0. The van der Waals surface area contributed by atoms with Gasteiger partial charge in [0.15, 0.2) is 0 Å². The first kappa shape index (κ1) is 24.3. The van der Waals surface area contributed by atoms with Crippen molar-refractivity contribution in [3.63, 3.8) is 0 Å². The van der Waals surface area contributed by atoms with Crippen LogP contribution in [0.25, 0.3) is 0 Å². The molecule has 0 atom stereocenters. The third-order valence-corrected chi connectivity index (χ3v) is 7.70. The van der Waals surface area contributed by atoms with Gasteiger partial charge in [-0.05, 0) is 76.5 Å². The lowest BCUT2D eigenvalue weighted by Gasteiger charge is -2.45. The van der Waals surface area contributed by atoms with Crippen molar-refractivity contribution >= 4 is 21.9 Å². The monoisotopic (exact) mass is 484 g/mol. The maximum Gasteiger partial charge on any atom is 0.410 e. The number of oxime groups is 1. The number of carbonyl (C=O) groups is 1. The maximum absolute atomic E-state index is 12.6. The molecule has 0 N–H and O–H groups in total. The topological polar surface area (TPSA) is 85.3 Å². The highest BCUT2D eigenvalue weighted by atomic mass is 32.2. The number of hydrogen-bond acceptors (Lipinski definition) is 6. The molecule has 2 aromatic rings. The van der Waals surface area contributed by atoms with E-state index in [4.69, 9.17) is 9.02 Å². The largest absolute Gasteiger partial charge is 0.444 e. The van der Waals surface area contributed by atoms with E-state index in [2.05, 4.69) is 11.2 Å². The zero-order chi connectivity index (χ0) is 24.6. The molecule has 1 saturated heterocycles. The molecule has 0 saturated carbocycles. The molecule has 1 fully saturated rings. The summed E-state index contributed by atoms with van der Waals surface area (Å²) < 4.78 is 35.9. The van der Waals surface area contributed by atoms with Gasteiger partial charge < -0.3 is 9.64 Å². The van der Waals surface area contributed by atoms with E-state index in [1.54, 1.807) is 17.0 Å². The highest BCUT2D eigenvalue weighted by Gasteiger charge is 2.42. The highest BCUT2D eigenvalue weighted by Crippen LogP contribution is 2.45. The quantitative estimate of drug-likeness (QED) is 0.561. The number of amides is 1. The molecular formula is C26H32N2O5S. The molecule has 4 rings (SSSR count). The second-order valence-corrected chi connectivity index (χ2v) is 11.7. The standard InChI is InChI=1S/C26H32N2O5S/c1-19-9-11-20(12-10-19)34(30,31)33-27-23-13-14-26(22-8-6-5-7-21(22)23)15-17-28(18-16-26)24(29)32-25(2,3)4/h5-12H,13-18H2,1-4H3/b27-23+. The van der Waals surface area contributed by atoms with Crippen molar-refractivity contribution in [2.24, 2.45) is 5.16 Å². The Morgan fingerprint density at radius 1 is 1.00 bits per heavy atom. The average Bonchev–Trinajstić information content (AvgIpc) is 2.78. The minimum atomic E-state index is -3.99. The predicted molar refractivity (Wildman–Crippen MR) is 130 cm³/mol. The minimum Gasteiger partial charge on any atom is -0.444 e. The number of piperidine rings is 1. The van der Waals surface area contributed by atoms with Crippen LogP contribution >= 0.6 is 0 Å². The minimum absolute atomic E-state index is 0.0794. The van der Waals surface area contributed by atoms with E-state index in [1.807, 2.05) is 45.9 Å². The van der Waals surface area contributed by atoms with Crippen molar-refractivity contribution in [2.75, 3.05) is 13.1 Å². The molecule has 1 aliphatic carbocycles. The number of fused-ring (bicyclic) bond motifs is 2. The lowest BCUT2D eigenvalue weighted by atomic mass is 9.64. The fourth-order valence-electron chi connectivity index (χ4n) is 4.72. The summed E-state index contributed by atoms with van der Waals surface area (Å²) in [6.45, 7) is 8.74. The number of benzene rings is 2. The van der Waals surface area contributed by atoms with Crippen LogP contribution in [0.5, 0.6) is 0 Å². The fourth-order valence-corrected chi connectivity index (χ4v) is 5.47. The number of ether oxygens (including phenoxy) is 1. The third-order valence-electron chi connectivity index (χ3n) is 6.58. The van der Waals surface area contributed by atoms with Gasteiger partial charge in [0.05, 0.1) is 5.71 Å². The number of aryl methyl sites for hydroxylation is 1. The first-order valence-electron chi connectivity index (χ1n) is 11.6. The van der Waals surface area contributed by atoms with Crippen LogP contribution < -0.4 is 0 Å². The summed E-state index contributed by atoms with van der Waals surface area (Å²) in [6, 6.07) is 14.5. The lowest BCUT2D eigenvalue weighted by Crippen LogP contribution is -2.48. The van der Waals surface area contributed by atoms with Crippen LogP contribution in [0, 0.1) is 6.92 Å². The Kier molecular flexibility index (Phi) is 6.46. The normalized spacial score (nSPS) is 19.1. The van der Waals surface area contributed by atoms with Gasteiger partial charge in [0.2, 0.25) is 0 Å². The zero-order valence-corrected chi connectivity index (χ0v) is 21.0. The number of carbonyl (C=O) groups excluding carboxylic acids is 1. The Bertz CT molecular complexity index is 1190. The molecule has 182 valence electrons. The van der Waals surface area contributed by atoms with Gasteiger partial charge in [-0.3, -0.25) is 4.28 Å². The van der Waals surface area contributed by atoms with Gasteiger partial charge in [0, 0.05) is 18.7 Å². The Balaban J connectivity index is 1.53. The molecule has 1 spiro atoms.